The summed E-state index contributed by atoms with van der Waals surface area (Å²) in [6.45, 7) is 2.67. The predicted molar refractivity (Wildman–Crippen MR) is 134 cm³/mol. The highest BCUT2D eigenvalue weighted by atomic mass is 16.5. The van der Waals surface area contributed by atoms with Crippen LogP contribution in [0.25, 0.3) is 44.5 Å². The van der Waals surface area contributed by atoms with Crippen LogP contribution in [0.4, 0.5) is 0 Å². The fourth-order valence-electron chi connectivity index (χ4n) is 5.14. The number of hydrogen-bond acceptors (Lipinski definition) is 7. The quantitative estimate of drug-likeness (QED) is 0.369. The fraction of sp³-hybridized carbons (Fsp3) is 0.296. The molecule has 1 aliphatic heterocycles. The molecule has 0 saturated carbocycles. The van der Waals surface area contributed by atoms with Crippen molar-refractivity contribution >= 4 is 22.1 Å². The van der Waals surface area contributed by atoms with E-state index in [9.17, 15) is 10.1 Å². The molecule has 180 valence electrons. The Morgan fingerprint density at radius 1 is 1.25 bits per heavy atom. The minimum Gasteiger partial charge on any atom is -0.452 e. The van der Waals surface area contributed by atoms with E-state index in [1.807, 2.05) is 31.4 Å². The standard InChI is InChI=1S/C27H24N6O3/c1-3-20-10-19(6-8-35-20)33-25-22-11-21(16-5-4-7-29-13-16)17(12-28)9-23(22)36-26(25)24(31-27(33)34)18-14-30-32(2)15-18/h4-5,7,9,11,13-15,19-20H,3,6,8,10H2,1-2H3/t19-,20-/m0/s1. The second-order valence-corrected chi connectivity index (χ2v) is 9.12. The highest BCUT2D eigenvalue weighted by Gasteiger charge is 2.29. The normalized spacial score (nSPS) is 18.0. The molecule has 0 spiro atoms. The van der Waals surface area contributed by atoms with E-state index in [2.05, 4.69) is 28.1 Å². The van der Waals surface area contributed by atoms with Gasteiger partial charge in [-0.15, -0.1) is 0 Å². The van der Waals surface area contributed by atoms with Gasteiger partial charge in [-0.2, -0.15) is 15.3 Å². The van der Waals surface area contributed by atoms with E-state index in [0.29, 0.717) is 46.5 Å². The molecule has 5 aromatic rings. The van der Waals surface area contributed by atoms with E-state index < -0.39 is 0 Å². The molecule has 0 bridgehead atoms. The van der Waals surface area contributed by atoms with E-state index in [4.69, 9.17) is 9.15 Å². The van der Waals surface area contributed by atoms with E-state index in [-0.39, 0.29) is 17.8 Å². The molecule has 2 atom stereocenters. The molecular weight excluding hydrogens is 456 g/mol. The molecule has 9 nitrogen and oxygen atoms in total. The molecule has 9 heteroatoms. The molecule has 6 rings (SSSR count). The number of nitrogens with zero attached hydrogens (tertiary/aromatic N) is 6. The molecule has 0 unspecified atom stereocenters. The van der Waals surface area contributed by atoms with E-state index in [1.54, 1.807) is 33.9 Å². The van der Waals surface area contributed by atoms with E-state index in [0.717, 1.165) is 29.4 Å². The van der Waals surface area contributed by atoms with Crippen LogP contribution in [0, 0.1) is 11.3 Å². The second kappa shape index (κ2) is 8.73. The summed E-state index contributed by atoms with van der Waals surface area (Å²) >= 11 is 0. The topological polar surface area (TPSA) is 112 Å². The van der Waals surface area contributed by atoms with Gasteiger partial charge in [0.25, 0.3) is 0 Å². The van der Waals surface area contributed by atoms with Gasteiger partial charge < -0.3 is 9.15 Å². The van der Waals surface area contributed by atoms with Crippen molar-refractivity contribution in [3.63, 3.8) is 0 Å². The average Bonchev–Trinajstić information content (AvgIpc) is 3.51. The van der Waals surface area contributed by atoms with Crippen LogP contribution in [0.15, 0.2) is 58.3 Å². The lowest BCUT2D eigenvalue weighted by Crippen LogP contribution is -2.34. The first-order valence-electron chi connectivity index (χ1n) is 12.0. The number of pyridine rings is 1. The largest absolute Gasteiger partial charge is 0.452 e. The summed E-state index contributed by atoms with van der Waals surface area (Å²) in [5.74, 6) is 0. The Hall–Kier alpha value is -4.29. The highest BCUT2D eigenvalue weighted by Crippen LogP contribution is 2.39. The maximum absolute atomic E-state index is 13.6. The van der Waals surface area contributed by atoms with E-state index >= 15 is 0 Å². The molecule has 1 aromatic carbocycles. The van der Waals surface area contributed by atoms with Crippen molar-refractivity contribution < 1.29 is 9.15 Å². The van der Waals surface area contributed by atoms with Gasteiger partial charge in [0.15, 0.2) is 5.58 Å². The van der Waals surface area contributed by atoms with Crippen LogP contribution < -0.4 is 5.69 Å². The van der Waals surface area contributed by atoms with Crippen molar-refractivity contribution in [3.05, 3.63) is 65.1 Å². The number of furan rings is 1. The molecule has 1 fully saturated rings. The van der Waals surface area contributed by atoms with Crippen LogP contribution in [0.5, 0.6) is 0 Å². The summed E-state index contributed by atoms with van der Waals surface area (Å²) in [5, 5.41) is 14.9. The third kappa shape index (κ3) is 3.58. The molecule has 4 aromatic heterocycles. The summed E-state index contributed by atoms with van der Waals surface area (Å²) in [6, 6.07) is 9.61. The van der Waals surface area contributed by atoms with Crippen LogP contribution >= 0.6 is 0 Å². The number of nitriles is 1. The minimum atomic E-state index is -0.335. The second-order valence-electron chi connectivity index (χ2n) is 9.12. The van der Waals surface area contributed by atoms with E-state index in [1.165, 1.54) is 0 Å². The smallest absolute Gasteiger partial charge is 0.349 e. The molecule has 1 saturated heterocycles. The van der Waals surface area contributed by atoms with Crippen LogP contribution in [0.3, 0.4) is 0 Å². The lowest BCUT2D eigenvalue weighted by molar-refractivity contribution is -0.00709. The Labute approximate surface area is 206 Å². The van der Waals surface area contributed by atoms with Gasteiger partial charge in [-0.1, -0.05) is 13.0 Å². The first kappa shape index (κ1) is 22.2. The maximum Gasteiger partial charge on any atom is 0.349 e. The number of rotatable bonds is 4. The van der Waals surface area contributed by atoms with Gasteiger partial charge in [-0.25, -0.2) is 4.79 Å². The molecule has 0 radical (unpaired) electrons. The fourth-order valence-corrected chi connectivity index (χ4v) is 5.14. The molecule has 1 aliphatic rings. The van der Waals surface area contributed by atoms with Gasteiger partial charge >= 0.3 is 5.69 Å². The van der Waals surface area contributed by atoms with Gasteiger partial charge in [0.1, 0.15) is 16.8 Å². The van der Waals surface area contributed by atoms with Crippen LogP contribution in [0.2, 0.25) is 0 Å². The van der Waals surface area contributed by atoms with Gasteiger partial charge in [-0.3, -0.25) is 14.2 Å². The first-order chi connectivity index (χ1) is 17.6. The highest BCUT2D eigenvalue weighted by molar-refractivity contribution is 6.08. The molecule has 0 amide bonds. The summed E-state index contributed by atoms with van der Waals surface area (Å²) in [7, 11) is 1.81. The summed E-state index contributed by atoms with van der Waals surface area (Å²) in [5.41, 5.74) is 4.53. The lowest BCUT2D eigenvalue weighted by atomic mass is 9.98. The number of aromatic nitrogens is 5. The Morgan fingerprint density at radius 3 is 2.86 bits per heavy atom. The van der Waals surface area contributed by atoms with Gasteiger partial charge in [-0.05, 0) is 37.5 Å². The minimum absolute atomic E-state index is 0.0765. The van der Waals surface area contributed by atoms with Crippen LogP contribution in [-0.2, 0) is 11.8 Å². The zero-order valence-electron chi connectivity index (χ0n) is 20.0. The SMILES string of the molecule is CC[C@H]1C[C@@H](n2c(=O)nc(-c3cnn(C)c3)c3oc4cc(C#N)c(-c5cccnc5)cc4c32)CCO1. The summed E-state index contributed by atoms with van der Waals surface area (Å²) in [4.78, 5) is 22.3. The number of hydrogen-bond donors (Lipinski definition) is 0. The Morgan fingerprint density at radius 2 is 2.14 bits per heavy atom. The Kier molecular flexibility index (Phi) is 5.38. The summed E-state index contributed by atoms with van der Waals surface area (Å²) in [6.07, 6.45) is 9.28. The van der Waals surface area contributed by atoms with Crippen molar-refractivity contribution in [3.8, 4) is 28.5 Å². The Bertz CT molecular complexity index is 1690. The number of fused-ring (bicyclic) bond motifs is 3. The molecule has 5 heterocycles. The number of aryl methyl sites for hydroxylation is 1. The monoisotopic (exact) mass is 480 g/mol. The van der Waals surface area contributed by atoms with Crippen LogP contribution in [-0.4, -0.2) is 37.0 Å². The maximum atomic E-state index is 13.6. The van der Waals surface area contributed by atoms with Gasteiger partial charge in [0, 0.05) is 60.4 Å². The zero-order valence-corrected chi connectivity index (χ0v) is 20.0. The predicted octanol–water partition coefficient (Wildman–Crippen LogP) is 4.61. The third-order valence-corrected chi connectivity index (χ3v) is 6.90. The molecule has 0 aliphatic carbocycles. The van der Waals surface area contributed by atoms with Crippen molar-refractivity contribution in [2.45, 2.75) is 38.3 Å². The van der Waals surface area contributed by atoms with Crippen molar-refractivity contribution in [2.75, 3.05) is 6.61 Å². The van der Waals surface area contributed by atoms with Gasteiger partial charge in [0.2, 0.25) is 0 Å². The van der Waals surface area contributed by atoms with Crippen molar-refractivity contribution in [1.82, 2.24) is 24.3 Å². The van der Waals surface area contributed by atoms with Crippen molar-refractivity contribution in [2.24, 2.45) is 7.05 Å². The number of benzene rings is 1. The molecule has 0 N–H and O–H groups in total. The molecular formula is C27H24N6O3. The first-order valence-corrected chi connectivity index (χ1v) is 12.0. The van der Waals surface area contributed by atoms with Gasteiger partial charge in [0.05, 0.1) is 23.9 Å². The van der Waals surface area contributed by atoms with Crippen LogP contribution in [0.1, 0.15) is 37.8 Å². The Balaban J connectivity index is 1.70. The zero-order chi connectivity index (χ0) is 24.8. The number of ether oxygens (including phenoxy) is 1. The van der Waals surface area contributed by atoms with Crippen molar-refractivity contribution in [1.29, 1.82) is 5.26 Å². The summed E-state index contributed by atoms with van der Waals surface area (Å²) < 4.78 is 15.7. The lowest BCUT2D eigenvalue weighted by Gasteiger charge is -2.30. The third-order valence-electron chi connectivity index (χ3n) is 6.90. The molecule has 36 heavy (non-hydrogen) atoms. The average molecular weight is 481 g/mol.